The summed E-state index contributed by atoms with van der Waals surface area (Å²) in [6.07, 6.45) is 0. The fraction of sp³-hybridized carbons (Fsp3) is 0.115. The Labute approximate surface area is 337 Å². The second-order valence-corrected chi connectivity index (χ2v) is 15.6. The van der Waals surface area contributed by atoms with Crippen LogP contribution in [0.5, 0.6) is 0 Å². The SMILES string of the molecule is [C-]#[N+]c1ccc(-c2ccc(-c3ccc(-n4c5ccc(C)cc5c5cc(C)ccc54)c(-c4nc(C)nc(C)n4)c3)c(-n3c4ccc(C)cc4c4cc(C)ccc43)c2)cc1. The van der Waals surface area contributed by atoms with Crippen molar-refractivity contribution in [1.82, 2.24) is 24.1 Å². The molecule has 6 heteroatoms. The fourth-order valence-electron chi connectivity index (χ4n) is 8.70. The number of rotatable bonds is 5. The van der Waals surface area contributed by atoms with Gasteiger partial charge in [0.15, 0.2) is 11.5 Å². The summed E-state index contributed by atoms with van der Waals surface area (Å²) < 4.78 is 4.78. The van der Waals surface area contributed by atoms with Crippen molar-refractivity contribution in [2.24, 2.45) is 0 Å². The minimum Gasteiger partial charge on any atom is -0.309 e. The van der Waals surface area contributed by atoms with Gasteiger partial charge in [-0.05, 0) is 125 Å². The molecule has 0 amide bonds. The van der Waals surface area contributed by atoms with Crippen molar-refractivity contribution in [3.05, 3.63) is 179 Å². The van der Waals surface area contributed by atoms with Crippen LogP contribution in [0.25, 0.3) is 93.5 Å². The van der Waals surface area contributed by atoms with Crippen molar-refractivity contribution < 1.29 is 0 Å². The molecule has 0 fully saturated rings. The second kappa shape index (κ2) is 13.4. The fourth-order valence-corrected chi connectivity index (χ4v) is 8.70. The molecular weight excluding hydrogens is 709 g/mol. The molecule has 3 heterocycles. The molecule has 10 aromatic rings. The van der Waals surface area contributed by atoms with Gasteiger partial charge in [-0.15, -0.1) is 0 Å². The van der Waals surface area contributed by atoms with Crippen LogP contribution in [0.1, 0.15) is 33.9 Å². The molecule has 0 atom stereocenters. The molecular formula is C52H40N6. The molecule has 6 nitrogen and oxygen atoms in total. The number of nitrogens with zero attached hydrogens (tertiary/aromatic N) is 6. The van der Waals surface area contributed by atoms with E-state index in [0.717, 1.165) is 61.3 Å². The van der Waals surface area contributed by atoms with E-state index in [1.807, 2.05) is 38.1 Å². The van der Waals surface area contributed by atoms with Crippen molar-refractivity contribution in [1.29, 1.82) is 0 Å². The molecule has 0 aliphatic heterocycles. The Bertz CT molecular complexity index is 3220. The van der Waals surface area contributed by atoms with Gasteiger partial charge in [0.25, 0.3) is 0 Å². The summed E-state index contributed by atoms with van der Waals surface area (Å²) in [4.78, 5) is 18.2. The van der Waals surface area contributed by atoms with Crippen LogP contribution in [0.3, 0.4) is 0 Å². The van der Waals surface area contributed by atoms with Gasteiger partial charge in [-0.3, -0.25) is 0 Å². The average molecular weight is 749 g/mol. The van der Waals surface area contributed by atoms with Crippen LogP contribution in [-0.4, -0.2) is 24.1 Å². The first-order chi connectivity index (χ1) is 28.1. The van der Waals surface area contributed by atoms with E-state index in [9.17, 15) is 0 Å². The largest absolute Gasteiger partial charge is 0.309 e. The molecule has 7 aromatic carbocycles. The predicted octanol–water partition coefficient (Wildman–Crippen LogP) is 13.5. The molecule has 0 saturated carbocycles. The Morgan fingerprint density at radius 2 is 0.845 bits per heavy atom. The summed E-state index contributed by atoms with van der Waals surface area (Å²) in [6.45, 7) is 20.0. The third-order valence-electron chi connectivity index (χ3n) is 11.4. The number of aromatic nitrogens is 5. The topological polar surface area (TPSA) is 52.9 Å². The molecule has 0 spiro atoms. The van der Waals surface area contributed by atoms with Crippen LogP contribution in [0.2, 0.25) is 0 Å². The summed E-state index contributed by atoms with van der Waals surface area (Å²) in [5.74, 6) is 1.99. The van der Waals surface area contributed by atoms with E-state index in [4.69, 9.17) is 16.5 Å². The van der Waals surface area contributed by atoms with E-state index in [1.54, 1.807) is 0 Å². The first-order valence-electron chi connectivity index (χ1n) is 19.6. The quantitative estimate of drug-likeness (QED) is 0.165. The highest BCUT2D eigenvalue weighted by atomic mass is 15.0. The van der Waals surface area contributed by atoms with Gasteiger partial charge in [-0.25, -0.2) is 19.8 Å². The second-order valence-electron chi connectivity index (χ2n) is 15.6. The number of fused-ring (bicyclic) bond motifs is 6. The van der Waals surface area contributed by atoms with Crippen LogP contribution in [-0.2, 0) is 0 Å². The van der Waals surface area contributed by atoms with E-state index in [-0.39, 0.29) is 0 Å². The monoisotopic (exact) mass is 748 g/mol. The predicted molar refractivity (Wildman–Crippen MR) is 239 cm³/mol. The van der Waals surface area contributed by atoms with Crippen molar-refractivity contribution in [3.63, 3.8) is 0 Å². The standard InChI is InChI=1S/C52H40N6/c1-30-8-19-46-41(24-30)42-25-31(2)9-20-47(42)57(46)50-23-15-38(28-45(50)52-55-34(5)54-35(6)56-52)40-18-14-37(36-12-16-39(53-7)17-13-36)29-51(40)58-48-21-10-32(3)26-43(48)44-27-33(4)11-22-49(44)58/h8-29H,1-6H3. The van der Waals surface area contributed by atoms with Crippen molar-refractivity contribution >= 4 is 49.3 Å². The van der Waals surface area contributed by atoms with Crippen LogP contribution >= 0.6 is 0 Å². The maximum Gasteiger partial charge on any atom is 0.187 e. The Hall–Kier alpha value is -7.36. The zero-order chi connectivity index (χ0) is 39.8. The highest BCUT2D eigenvalue weighted by Gasteiger charge is 2.22. The van der Waals surface area contributed by atoms with Crippen LogP contribution in [0, 0.1) is 48.1 Å². The molecule has 0 bridgehead atoms. The lowest BCUT2D eigenvalue weighted by Crippen LogP contribution is -2.04. The van der Waals surface area contributed by atoms with Gasteiger partial charge < -0.3 is 9.13 Å². The summed E-state index contributed by atoms with van der Waals surface area (Å²) in [7, 11) is 0. The first-order valence-corrected chi connectivity index (χ1v) is 19.6. The number of aryl methyl sites for hydroxylation is 6. The summed E-state index contributed by atoms with van der Waals surface area (Å²) in [5.41, 5.74) is 17.3. The Kier molecular flexibility index (Phi) is 8.10. The molecule has 0 aliphatic carbocycles. The third-order valence-corrected chi connectivity index (χ3v) is 11.4. The molecule has 0 aliphatic rings. The van der Waals surface area contributed by atoms with Crippen LogP contribution in [0.4, 0.5) is 5.69 Å². The van der Waals surface area contributed by atoms with Crippen LogP contribution < -0.4 is 0 Å². The van der Waals surface area contributed by atoms with Gasteiger partial charge in [0.05, 0.1) is 40.0 Å². The number of hydrogen-bond donors (Lipinski definition) is 0. The molecule has 0 N–H and O–H groups in total. The molecule has 58 heavy (non-hydrogen) atoms. The van der Waals surface area contributed by atoms with Crippen LogP contribution in [0.15, 0.2) is 133 Å². The molecule has 10 rings (SSSR count). The zero-order valence-corrected chi connectivity index (χ0v) is 33.4. The maximum atomic E-state index is 7.52. The molecule has 3 aromatic heterocycles. The lowest BCUT2D eigenvalue weighted by molar-refractivity contribution is 0.927. The van der Waals surface area contributed by atoms with Crippen molar-refractivity contribution in [2.45, 2.75) is 41.5 Å². The maximum absolute atomic E-state index is 7.52. The van der Waals surface area contributed by atoms with Gasteiger partial charge in [-0.1, -0.05) is 89.0 Å². The Morgan fingerprint density at radius 1 is 0.397 bits per heavy atom. The van der Waals surface area contributed by atoms with Gasteiger partial charge in [0.1, 0.15) is 11.6 Å². The molecule has 0 saturated heterocycles. The average Bonchev–Trinajstić information content (AvgIpc) is 3.70. The lowest BCUT2D eigenvalue weighted by atomic mass is 9.95. The van der Waals surface area contributed by atoms with E-state index in [2.05, 4.69) is 156 Å². The number of hydrogen-bond acceptors (Lipinski definition) is 3. The Balaban J connectivity index is 1.29. The highest BCUT2D eigenvalue weighted by molar-refractivity contribution is 6.11. The highest BCUT2D eigenvalue weighted by Crippen LogP contribution is 2.42. The normalized spacial score (nSPS) is 11.6. The van der Waals surface area contributed by atoms with Gasteiger partial charge >= 0.3 is 0 Å². The smallest absolute Gasteiger partial charge is 0.187 e. The lowest BCUT2D eigenvalue weighted by Gasteiger charge is -2.19. The molecule has 0 radical (unpaired) electrons. The minimum absolute atomic E-state index is 0.624. The van der Waals surface area contributed by atoms with E-state index < -0.39 is 0 Å². The third kappa shape index (κ3) is 5.74. The van der Waals surface area contributed by atoms with E-state index >= 15 is 0 Å². The van der Waals surface area contributed by atoms with E-state index in [0.29, 0.717) is 23.2 Å². The van der Waals surface area contributed by atoms with Gasteiger partial charge in [-0.2, -0.15) is 0 Å². The summed E-state index contributed by atoms with van der Waals surface area (Å²) in [5, 5.41) is 4.88. The van der Waals surface area contributed by atoms with E-state index in [1.165, 1.54) is 43.8 Å². The summed E-state index contributed by atoms with van der Waals surface area (Å²) >= 11 is 0. The van der Waals surface area contributed by atoms with Crippen molar-refractivity contribution in [3.8, 4) is 45.0 Å². The van der Waals surface area contributed by atoms with Gasteiger partial charge in [0.2, 0.25) is 0 Å². The first kappa shape index (κ1) is 35.1. The Morgan fingerprint density at radius 3 is 1.33 bits per heavy atom. The minimum atomic E-state index is 0.624. The van der Waals surface area contributed by atoms with Crippen molar-refractivity contribution in [2.75, 3.05) is 0 Å². The molecule has 0 unspecified atom stereocenters. The summed E-state index contributed by atoms with van der Waals surface area (Å²) in [6, 6.07) is 48.2. The number of benzene rings is 7. The zero-order valence-electron chi connectivity index (χ0n) is 33.4. The molecule has 278 valence electrons. The van der Waals surface area contributed by atoms with Gasteiger partial charge in [0, 0.05) is 32.7 Å².